The molecular weight excluding hydrogens is 209 g/mol. The maximum Gasteiger partial charge on any atom is 0.170 e. The predicted octanol–water partition coefficient (Wildman–Crippen LogP) is 1.62. The molecule has 16 heavy (non-hydrogen) atoms. The second-order valence-electron chi connectivity index (χ2n) is 4.06. The van der Waals surface area contributed by atoms with Crippen molar-refractivity contribution in [2.75, 3.05) is 13.7 Å². The van der Waals surface area contributed by atoms with Gasteiger partial charge in [0.25, 0.3) is 0 Å². The summed E-state index contributed by atoms with van der Waals surface area (Å²) in [4.78, 5) is 0. The fourth-order valence-corrected chi connectivity index (χ4v) is 1.62. The van der Waals surface area contributed by atoms with Crippen molar-refractivity contribution in [2.45, 2.75) is 25.0 Å². The van der Waals surface area contributed by atoms with Gasteiger partial charge in [0.15, 0.2) is 11.6 Å². The molecule has 1 aliphatic carbocycles. The van der Waals surface area contributed by atoms with Crippen LogP contribution < -0.4 is 10.1 Å². The summed E-state index contributed by atoms with van der Waals surface area (Å²) in [6.45, 7) is 0.384. The fourth-order valence-electron chi connectivity index (χ4n) is 1.62. The number of rotatable bonds is 5. The molecule has 0 radical (unpaired) electrons. The third-order valence-corrected chi connectivity index (χ3v) is 2.75. The first-order valence-corrected chi connectivity index (χ1v) is 5.46. The summed E-state index contributed by atoms with van der Waals surface area (Å²) in [6.07, 6.45) is 1.47. The summed E-state index contributed by atoms with van der Waals surface area (Å²) < 4.78 is 18.6. The molecule has 1 saturated carbocycles. The van der Waals surface area contributed by atoms with Crippen LogP contribution in [0.4, 0.5) is 4.39 Å². The second-order valence-corrected chi connectivity index (χ2v) is 4.06. The van der Waals surface area contributed by atoms with Crippen LogP contribution in [0.25, 0.3) is 0 Å². The van der Waals surface area contributed by atoms with Crippen molar-refractivity contribution in [3.8, 4) is 5.75 Å². The Balaban J connectivity index is 2.05. The van der Waals surface area contributed by atoms with Crippen molar-refractivity contribution in [2.24, 2.45) is 0 Å². The van der Waals surface area contributed by atoms with Crippen molar-refractivity contribution >= 4 is 0 Å². The summed E-state index contributed by atoms with van der Waals surface area (Å²) in [5.74, 6) is -0.307. The van der Waals surface area contributed by atoms with Crippen LogP contribution in [0.5, 0.6) is 5.75 Å². The predicted molar refractivity (Wildman–Crippen MR) is 58.9 cm³/mol. The largest absolute Gasteiger partial charge is 0.494 e. The van der Waals surface area contributed by atoms with E-state index in [1.165, 1.54) is 7.11 Å². The zero-order chi connectivity index (χ0) is 11.5. The van der Waals surface area contributed by atoms with E-state index >= 15 is 0 Å². The van der Waals surface area contributed by atoms with Gasteiger partial charge in [-0.05, 0) is 18.9 Å². The number of ether oxygens (including phenoxy) is 1. The molecule has 0 saturated heterocycles. The smallest absolute Gasteiger partial charge is 0.170 e. The standard InChI is InChI=1S/C12H16FNO2/c1-16-11-4-2-3-9(12(11)13)10(15)7-14-8-5-6-8/h2-4,8,10,14-15H,5-7H2,1H3. The second kappa shape index (κ2) is 4.80. The fraction of sp³-hybridized carbons (Fsp3) is 0.500. The monoisotopic (exact) mass is 225 g/mol. The van der Waals surface area contributed by atoms with E-state index in [1.807, 2.05) is 0 Å². The number of halogens is 1. The number of nitrogens with one attached hydrogen (secondary N) is 1. The maximum absolute atomic E-state index is 13.8. The summed E-state index contributed by atoms with van der Waals surface area (Å²) in [7, 11) is 1.41. The Labute approximate surface area is 94.2 Å². The van der Waals surface area contributed by atoms with Crippen LogP contribution in [0, 0.1) is 5.82 Å². The lowest BCUT2D eigenvalue weighted by molar-refractivity contribution is 0.168. The van der Waals surface area contributed by atoms with Gasteiger partial charge in [-0.3, -0.25) is 0 Å². The van der Waals surface area contributed by atoms with Crippen molar-refractivity contribution in [1.29, 1.82) is 0 Å². The van der Waals surface area contributed by atoms with E-state index in [0.29, 0.717) is 12.6 Å². The molecule has 1 unspecified atom stereocenters. The van der Waals surface area contributed by atoms with Gasteiger partial charge in [0.1, 0.15) is 0 Å². The number of hydrogen-bond acceptors (Lipinski definition) is 3. The van der Waals surface area contributed by atoms with Gasteiger partial charge in [0.05, 0.1) is 13.2 Å². The molecule has 0 amide bonds. The molecule has 1 fully saturated rings. The van der Waals surface area contributed by atoms with Gasteiger partial charge in [-0.15, -0.1) is 0 Å². The van der Waals surface area contributed by atoms with E-state index in [1.54, 1.807) is 18.2 Å². The highest BCUT2D eigenvalue weighted by Gasteiger charge is 2.23. The van der Waals surface area contributed by atoms with Crippen LogP contribution in [0.15, 0.2) is 18.2 Å². The third-order valence-electron chi connectivity index (χ3n) is 2.75. The Morgan fingerprint density at radius 2 is 2.31 bits per heavy atom. The van der Waals surface area contributed by atoms with Gasteiger partial charge in [-0.25, -0.2) is 4.39 Å². The highest BCUT2D eigenvalue weighted by atomic mass is 19.1. The number of aliphatic hydroxyl groups excluding tert-OH is 1. The lowest BCUT2D eigenvalue weighted by Crippen LogP contribution is -2.23. The first-order chi connectivity index (χ1) is 7.72. The zero-order valence-corrected chi connectivity index (χ0v) is 9.24. The molecule has 0 aromatic heterocycles. The quantitative estimate of drug-likeness (QED) is 0.800. The molecule has 3 nitrogen and oxygen atoms in total. The van der Waals surface area contributed by atoms with Crippen molar-refractivity contribution < 1.29 is 14.2 Å². The van der Waals surface area contributed by atoms with Crippen molar-refractivity contribution in [3.63, 3.8) is 0 Å². The zero-order valence-electron chi connectivity index (χ0n) is 9.24. The first kappa shape index (κ1) is 11.4. The molecule has 1 aromatic rings. The number of benzene rings is 1. The molecule has 0 spiro atoms. The van der Waals surface area contributed by atoms with Crippen molar-refractivity contribution in [3.05, 3.63) is 29.6 Å². The Morgan fingerprint density at radius 1 is 1.56 bits per heavy atom. The Morgan fingerprint density at radius 3 is 2.94 bits per heavy atom. The number of hydrogen-bond donors (Lipinski definition) is 2. The molecule has 1 aliphatic rings. The summed E-state index contributed by atoms with van der Waals surface area (Å²) in [5, 5.41) is 13.0. The van der Waals surface area contributed by atoms with E-state index in [0.717, 1.165) is 12.8 Å². The van der Waals surface area contributed by atoms with Gasteiger partial charge < -0.3 is 15.2 Å². The minimum atomic E-state index is -0.823. The van der Waals surface area contributed by atoms with Crippen LogP contribution in [-0.4, -0.2) is 24.8 Å². The Hall–Kier alpha value is -1.13. The molecule has 1 aromatic carbocycles. The van der Waals surface area contributed by atoms with Crippen LogP contribution in [0.2, 0.25) is 0 Å². The molecule has 0 bridgehead atoms. The molecule has 88 valence electrons. The highest BCUT2D eigenvalue weighted by molar-refractivity contribution is 5.32. The highest BCUT2D eigenvalue weighted by Crippen LogP contribution is 2.25. The Bertz CT molecular complexity index is 366. The topological polar surface area (TPSA) is 41.5 Å². The van der Waals surface area contributed by atoms with E-state index < -0.39 is 11.9 Å². The van der Waals surface area contributed by atoms with Crippen LogP contribution in [0.1, 0.15) is 24.5 Å². The molecule has 0 aliphatic heterocycles. The van der Waals surface area contributed by atoms with Crippen LogP contribution >= 0.6 is 0 Å². The minimum Gasteiger partial charge on any atom is -0.494 e. The molecule has 2 rings (SSSR count). The van der Waals surface area contributed by atoms with E-state index in [2.05, 4.69) is 5.32 Å². The average Bonchev–Trinajstić information content (AvgIpc) is 3.10. The van der Waals surface area contributed by atoms with Crippen LogP contribution in [-0.2, 0) is 0 Å². The third kappa shape index (κ3) is 2.51. The lowest BCUT2D eigenvalue weighted by Gasteiger charge is -2.14. The SMILES string of the molecule is COc1cccc(C(O)CNC2CC2)c1F. The van der Waals surface area contributed by atoms with Crippen molar-refractivity contribution in [1.82, 2.24) is 5.32 Å². The maximum atomic E-state index is 13.8. The van der Waals surface area contributed by atoms with Gasteiger partial charge in [0.2, 0.25) is 0 Å². The summed E-state index contributed by atoms with van der Waals surface area (Å²) in [6, 6.07) is 5.30. The minimum absolute atomic E-state index is 0.169. The molecular formula is C12H16FNO2. The summed E-state index contributed by atoms with van der Waals surface area (Å²) in [5.41, 5.74) is 0.285. The normalized spacial score (nSPS) is 17.2. The molecule has 1 atom stereocenters. The van der Waals surface area contributed by atoms with Gasteiger partial charge in [-0.1, -0.05) is 12.1 Å². The lowest BCUT2D eigenvalue weighted by atomic mass is 10.1. The van der Waals surface area contributed by atoms with E-state index in [4.69, 9.17) is 4.74 Å². The summed E-state index contributed by atoms with van der Waals surface area (Å²) >= 11 is 0. The molecule has 0 heterocycles. The molecule has 4 heteroatoms. The van der Waals surface area contributed by atoms with E-state index in [-0.39, 0.29) is 11.3 Å². The Kier molecular flexibility index (Phi) is 3.41. The molecule has 2 N–H and O–H groups in total. The number of aliphatic hydroxyl groups is 1. The van der Waals surface area contributed by atoms with E-state index in [9.17, 15) is 9.50 Å². The average molecular weight is 225 g/mol. The van der Waals surface area contributed by atoms with Gasteiger partial charge in [-0.2, -0.15) is 0 Å². The number of methoxy groups -OCH3 is 1. The first-order valence-electron chi connectivity index (χ1n) is 5.46. The van der Waals surface area contributed by atoms with Gasteiger partial charge in [0, 0.05) is 18.2 Å². The van der Waals surface area contributed by atoms with Crippen LogP contribution in [0.3, 0.4) is 0 Å². The van der Waals surface area contributed by atoms with Gasteiger partial charge >= 0.3 is 0 Å².